The molecule has 2 saturated heterocycles. The Hall–Kier alpha value is -2.23. The van der Waals surface area contributed by atoms with Gasteiger partial charge in [-0.05, 0) is 17.7 Å². The minimum atomic E-state index is -0.532. The average Bonchev–Trinajstić information content (AvgIpc) is 2.97. The van der Waals surface area contributed by atoms with Crippen LogP contribution >= 0.6 is 0 Å². The number of fused-ring (bicyclic) bond motifs is 1. The van der Waals surface area contributed by atoms with Crippen LogP contribution in [0, 0.1) is 11.7 Å². The summed E-state index contributed by atoms with van der Waals surface area (Å²) in [6, 6.07) is 5.17. The van der Waals surface area contributed by atoms with Crippen LogP contribution in [0.3, 0.4) is 0 Å². The van der Waals surface area contributed by atoms with Gasteiger partial charge in [0.15, 0.2) is 0 Å². The number of hydrogen-bond donors (Lipinski definition) is 4. The smallest absolute Gasteiger partial charge is 0.414 e. The fraction of sp³-hybridized carbons (Fsp3) is 0.579. The molecule has 0 radical (unpaired) electrons. The molecule has 0 spiro atoms. The number of carbonyl (C=O) groups is 2. The van der Waals surface area contributed by atoms with E-state index in [0.29, 0.717) is 30.3 Å². The first kappa shape index (κ1) is 19.1. The normalized spacial score (nSPS) is 30.9. The van der Waals surface area contributed by atoms with Crippen molar-refractivity contribution in [1.82, 2.24) is 16.0 Å². The van der Waals surface area contributed by atoms with Gasteiger partial charge in [0.2, 0.25) is 5.91 Å². The largest absolute Gasteiger partial charge is 0.442 e. The number of cyclic esters (lactones) is 1. The van der Waals surface area contributed by atoms with Gasteiger partial charge in [0.05, 0.1) is 18.8 Å². The van der Waals surface area contributed by atoms with E-state index in [-0.39, 0.29) is 36.3 Å². The van der Waals surface area contributed by atoms with Crippen molar-refractivity contribution in [2.45, 2.75) is 24.5 Å². The lowest BCUT2D eigenvalue weighted by molar-refractivity contribution is -0.119. The van der Waals surface area contributed by atoms with Crippen LogP contribution in [0.25, 0.3) is 0 Å². The highest BCUT2D eigenvalue weighted by molar-refractivity contribution is 5.90. The van der Waals surface area contributed by atoms with Crippen molar-refractivity contribution in [1.29, 1.82) is 0 Å². The third-order valence-electron chi connectivity index (χ3n) is 6.02. The lowest BCUT2D eigenvalue weighted by Crippen LogP contribution is -2.36. The Labute approximate surface area is 163 Å². The summed E-state index contributed by atoms with van der Waals surface area (Å²) in [7, 11) is 0. The van der Waals surface area contributed by atoms with Gasteiger partial charge in [0, 0.05) is 50.5 Å². The molecule has 1 saturated carbocycles. The minimum absolute atomic E-state index is 0.189. The molecule has 3 fully saturated rings. The molecule has 4 atom stereocenters. The summed E-state index contributed by atoms with van der Waals surface area (Å²) >= 11 is 0. The summed E-state index contributed by atoms with van der Waals surface area (Å²) in [5.74, 6) is -0.161. The van der Waals surface area contributed by atoms with Crippen LogP contribution in [0.15, 0.2) is 18.2 Å². The van der Waals surface area contributed by atoms with Gasteiger partial charge in [-0.25, -0.2) is 9.18 Å². The zero-order valence-corrected chi connectivity index (χ0v) is 15.8. The van der Waals surface area contributed by atoms with Crippen LogP contribution in [0.4, 0.5) is 14.9 Å². The average molecular weight is 391 g/mol. The fourth-order valence-corrected chi connectivity index (χ4v) is 4.67. The van der Waals surface area contributed by atoms with Crippen LogP contribution in [0.2, 0.25) is 0 Å². The van der Waals surface area contributed by atoms with Crippen LogP contribution in [-0.4, -0.2) is 63.4 Å². The summed E-state index contributed by atoms with van der Waals surface area (Å²) in [6.45, 7) is 4.74. The first-order chi connectivity index (χ1) is 13.5. The monoisotopic (exact) mass is 391 g/mol. The van der Waals surface area contributed by atoms with E-state index < -0.39 is 12.2 Å². The van der Waals surface area contributed by atoms with E-state index in [1.807, 2.05) is 0 Å². The Kier molecular flexibility index (Phi) is 4.98. The Morgan fingerprint density at radius 2 is 2.32 bits per heavy atom. The van der Waals surface area contributed by atoms with E-state index in [0.717, 1.165) is 13.1 Å². The SMILES string of the molecule is CC(=O)NC[C@H]1CN(c2ccc(C34CNCC3C4NCCN)c(F)c2)C(=O)O1. The second kappa shape index (κ2) is 7.31. The van der Waals surface area contributed by atoms with E-state index in [1.54, 1.807) is 12.1 Å². The van der Waals surface area contributed by atoms with Gasteiger partial charge in [-0.3, -0.25) is 9.69 Å². The quantitative estimate of drug-likeness (QED) is 0.507. The highest BCUT2D eigenvalue weighted by atomic mass is 19.1. The van der Waals surface area contributed by atoms with Crippen molar-refractivity contribution in [2.24, 2.45) is 11.7 Å². The number of nitrogens with one attached hydrogen (secondary N) is 3. The Balaban J connectivity index is 1.50. The van der Waals surface area contributed by atoms with E-state index >= 15 is 4.39 Å². The van der Waals surface area contributed by atoms with Crippen LogP contribution in [-0.2, 0) is 14.9 Å². The summed E-state index contributed by atoms with van der Waals surface area (Å²) in [5.41, 5.74) is 6.47. The van der Waals surface area contributed by atoms with Gasteiger partial charge in [0.25, 0.3) is 0 Å². The number of carbonyl (C=O) groups excluding carboxylic acids is 2. The van der Waals surface area contributed by atoms with Crippen LogP contribution < -0.4 is 26.6 Å². The number of hydrogen-bond acceptors (Lipinski definition) is 6. The molecule has 2 amide bonds. The molecule has 1 aromatic rings. The van der Waals surface area contributed by atoms with E-state index in [4.69, 9.17) is 10.5 Å². The lowest BCUT2D eigenvalue weighted by Gasteiger charge is -2.20. The molecule has 0 bridgehead atoms. The standard InChI is InChI=1S/C19H26FN5O3/c1-11(26)24-7-13-9-25(18(27)28-13)12-2-3-14(16(20)6-12)19-10-22-8-15(19)17(19)23-5-4-21/h2-3,6,13,15,17,22-23H,4-5,7-10,21H2,1H3,(H,24,26)/t13-,15?,17?,19?/m0/s1. The van der Waals surface area contributed by atoms with Crippen LogP contribution in [0.1, 0.15) is 12.5 Å². The first-order valence-corrected chi connectivity index (χ1v) is 9.64. The highest BCUT2D eigenvalue weighted by Gasteiger charge is 2.68. The maximum Gasteiger partial charge on any atom is 0.414 e. The fourth-order valence-electron chi connectivity index (χ4n) is 4.67. The van der Waals surface area contributed by atoms with Gasteiger partial charge in [-0.15, -0.1) is 0 Å². The number of anilines is 1. The molecule has 2 aliphatic heterocycles. The zero-order chi connectivity index (χ0) is 19.9. The predicted octanol–water partition coefficient (Wildman–Crippen LogP) is -0.325. The summed E-state index contributed by atoms with van der Waals surface area (Å²) < 4.78 is 20.3. The van der Waals surface area contributed by atoms with Gasteiger partial charge < -0.3 is 26.4 Å². The van der Waals surface area contributed by atoms with Crippen molar-refractivity contribution < 1.29 is 18.7 Å². The van der Waals surface area contributed by atoms with E-state index in [1.165, 1.54) is 17.9 Å². The molecule has 8 nitrogen and oxygen atoms in total. The van der Waals surface area contributed by atoms with Gasteiger partial charge in [-0.1, -0.05) is 6.07 Å². The van der Waals surface area contributed by atoms with Crippen LogP contribution in [0.5, 0.6) is 0 Å². The second-order valence-corrected chi connectivity index (χ2v) is 7.72. The third kappa shape index (κ3) is 3.13. The molecular formula is C19H26FN5O3. The summed E-state index contributed by atoms with van der Waals surface area (Å²) in [5, 5.41) is 9.40. The lowest BCUT2D eigenvalue weighted by atomic mass is 9.93. The number of rotatable bonds is 7. The molecule has 4 rings (SSSR count). The molecule has 152 valence electrons. The molecule has 3 aliphatic rings. The second-order valence-electron chi connectivity index (χ2n) is 7.72. The topological polar surface area (TPSA) is 109 Å². The molecule has 9 heteroatoms. The number of halogens is 1. The van der Waals surface area contributed by atoms with Gasteiger partial charge >= 0.3 is 6.09 Å². The maximum atomic E-state index is 15.1. The number of nitrogens with zero attached hydrogens (tertiary/aromatic N) is 1. The van der Waals surface area contributed by atoms with Crippen molar-refractivity contribution in [3.63, 3.8) is 0 Å². The molecule has 3 unspecified atom stereocenters. The molecule has 0 aromatic heterocycles. The third-order valence-corrected chi connectivity index (χ3v) is 6.02. The molecular weight excluding hydrogens is 365 g/mol. The Bertz CT molecular complexity index is 791. The van der Waals surface area contributed by atoms with Crippen molar-refractivity contribution in [3.05, 3.63) is 29.6 Å². The molecule has 5 N–H and O–H groups in total. The molecule has 1 aromatic carbocycles. The number of ether oxygens (including phenoxy) is 1. The van der Waals surface area contributed by atoms with Crippen molar-refractivity contribution in [3.8, 4) is 0 Å². The number of benzene rings is 1. The van der Waals surface area contributed by atoms with Gasteiger partial charge in [-0.2, -0.15) is 0 Å². The number of piperidine rings is 1. The predicted molar refractivity (Wildman–Crippen MR) is 102 cm³/mol. The highest BCUT2D eigenvalue weighted by Crippen LogP contribution is 2.57. The number of amides is 2. The van der Waals surface area contributed by atoms with E-state index in [9.17, 15) is 9.59 Å². The van der Waals surface area contributed by atoms with Crippen molar-refractivity contribution >= 4 is 17.7 Å². The minimum Gasteiger partial charge on any atom is -0.442 e. The summed E-state index contributed by atoms with van der Waals surface area (Å²) in [6.07, 6.45) is -0.982. The Morgan fingerprint density at radius 1 is 1.50 bits per heavy atom. The Morgan fingerprint density at radius 3 is 3.04 bits per heavy atom. The van der Waals surface area contributed by atoms with Gasteiger partial charge in [0.1, 0.15) is 11.9 Å². The molecule has 28 heavy (non-hydrogen) atoms. The van der Waals surface area contributed by atoms with E-state index in [2.05, 4.69) is 16.0 Å². The van der Waals surface area contributed by atoms with Crippen molar-refractivity contribution in [2.75, 3.05) is 44.2 Å². The first-order valence-electron chi connectivity index (χ1n) is 9.64. The maximum absolute atomic E-state index is 15.1. The molecule has 2 heterocycles. The zero-order valence-electron chi connectivity index (χ0n) is 15.8. The molecule has 1 aliphatic carbocycles. The number of nitrogens with two attached hydrogens (primary N) is 1. The summed E-state index contributed by atoms with van der Waals surface area (Å²) in [4.78, 5) is 24.6.